The van der Waals surface area contributed by atoms with Crippen LogP contribution in [-0.2, 0) is 0 Å². The van der Waals surface area contributed by atoms with E-state index < -0.39 is 0 Å². The molecule has 0 fully saturated rings. The maximum atomic E-state index is 2.38. The van der Waals surface area contributed by atoms with Gasteiger partial charge in [-0.05, 0) is 66.1 Å². The number of hydrogen-bond donors (Lipinski definition) is 0. The van der Waals surface area contributed by atoms with Crippen LogP contribution in [0.15, 0.2) is 0 Å². The number of hydrogen-bond acceptors (Lipinski definition) is 0. The van der Waals surface area contributed by atoms with E-state index in [1.54, 1.807) is 0 Å². The van der Waals surface area contributed by atoms with Gasteiger partial charge in [-0.2, -0.15) is 0 Å². The van der Waals surface area contributed by atoms with Crippen molar-refractivity contribution in [2.75, 3.05) is 0 Å². The minimum atomic E-state index is 0.290. The summed E-state index contributed by atoms with van der Waals surface area (Å²) in [5.41, 5.74) is 0. The van der Waals surface area contributed by atoms with Gasteiger partial charge in [0, 0.05) is 0 Å². The van der Waals surface area contributed by atoms with Crippen molar-refractivity contribution in [3.8, 4) is 0 Å². The first-order valence-corrected chi connectivity index (χ1v) is 10.2. The second kappa shape index (κ2) is 3.80. The highest BCUT2D eigenvalue weighted by atomic mass is 127. The summed E-state index contributed by atoms with van der Waals surface area (Å²) in [4.78, 5) is 0. The Morgan fingerprint density at radius 1 is 1.00 bits per heavy atom. The van der Waals surface area contributed by atoms with Crippen molar-refractivity contribution in [2.24, 2.45) is 0 Å². The third-order valence-electron chi connectivity index (χ3n) is 0. The first kappa shape index (κ1) is 6.62. The van der Waals surface area contributed by atoms with Gasteiger partial charge < -0.3 is 0 Å². The normalized spacial score (nSPS) is 9.00. The minimum absolute atomic E-state index is 0.290. The number of rotatable bonds is 0. The smallest absolute Gasteiger partial charge is 0.0295 e. The van der Waals surface area contributed by atoms with E-state index in [9.17, 15) is 0 Å². The quantitative estimate of drug-likeness (QED) is 0.423. The molecule has 0 atom stereocenters. The summed E-state index contributed by atoms with van der Waals surface area (Å²) in [5.74, 6) is 0. The van der Waals surface area contributed by atoms with Crippen LogP contribution in [0.4, 0.5) is 0 Å². The Morgan fingerprint density at radius 3 is 1.00 bits per heavy atom. The molecule has 0 unspecified atom stereocenters. The van der Waals surface area contributed by atoms with Gasteiger partial charge in [0.1, 0.15) is 0 Å². The topological polar surface area (TPSA) is 0 Å². The summed E-state index contributed by atoms with van der Waals surface area (Å²) < 4.78 is 0.290. The van der Waals surface area contributed by atoms with Crippen molar-refractivity contribution in [3.05, 3.63) is 0 Å². The molecular formula is I3P. The van der Waals surface area contributed by atoms with Crippen LogP contribution in [0.5, 0.6) is 0 Å². The molecule has 0 rings (SSSR count). The minimum Gasteiger partial charge on any atom is -0.0295 e. The van der Waals surface area contributed by atoms with Crippen molar-refractivity contribution >= 4 is 67.0 Å². The molecule has 0 aliphatic heterocycles. The van der Waals surface area contributed by atoms with Gasteiger partial charge >= 0.3 is 0 Å². The Bertz CT molecular complexity index is 8.00. The van der Waals surface area contributed by atoms with Gasteiger partial charge in [-0.25, -0.2) is 0 Å². The molecule has 0 aromatic rings. The first-order chi connectivity index (χ1) is 1.73. The highest BCUT2D eigenvalue weighted by Gasteiger charge is 1.76. The van der Waals surface area contributed by atoms with E-state index in [1.165, 1.54) is 0 Å². The lowest BCUT2D eigenvalue weighted by molar-refractivity contribution is 6.52. The molecule has 0 amide bonds. The van der Waals surface area contributed by atoms with Crippen molar-refractivity contribution in [3.63, 3.8) is 0 Å². The van der Waals surface area contributed by atoms with Crippen LogP contribution in [0.1, 0.15) is 0 Å². The fourth-order valence-corrected chi connectivity index (χ4v) is 0. The van der Waals surface area contributed by atoms with Gasteiger partial charge in [-0.3, -0.25) is 0 Å². The zero-order chi connectivity index (χ0) is 3.58. The second-order valence-corrected chi connectivity index (χ2v) is 25.9. The molecule has 0 spiro atoms. The van der Waals surface area contributed by atoms with Crippen LogP contribution in [0.2, 0.25) is 0 Å². The van der Waals surface area contributed by atoms with Crippen molar-refractivity contribution in [1.29, 1.82) is 0 Å². The van der Waals surface area contributed by atoms with Gasteiger partial charge in [0.2, 0.25) is 0 Å². The molecule has 0 aliphatic rings. The molecular weight excluding hydrogens is 412 g/mol. The maximum Gasteiger partial charge on any atom is 0.0884 e. The highest BCUT2D eigenvalue weighted by Crippen LogP contribution is 2.61. The Balaban J connectivity index is 2.32. The van der Waals surface area contributed by atoms with Crippen molar-refractivity contribution in [2.45, 2.75) is 0 Å². The Hall–Kier alpha value is 2.62. The van der Waals surface area contributed by atoms with Crippen molar-refractivity contribution < 1.29 is 0 Å². The van der Waals surface area contributed by atoms with E-state index >= 15 is 0 Å². The monoisotopic (exact) mass is 412 g/mol. The molecule has 26 valence electrons. The standard InChI is InChI=1S/I3P/c1-4(2)3. The number of halogens is 3. The Labute approximate surface area is 65.7 Å². The second-order valence-electron chi connectivity index (χ2n) is 0.192. The molecule has 0 aliphatic carbocycles. The third-order valence-corrected chi connectivity index (χ3v) is 0. The maximum absolute atomic E-state index is 2.38. The largest absolute Gasteiger partial charge is 0.0884 e. The molecule has 0 nitrogen and oxygen atoms in total. The molecule has 0 N–H and O–H groups in total. The van der Waals surface area contributed by atoms with Crippen LogP contribution in [0.25, 0.3) is 0 Å². The first-order valence-electron chi connectivity index (χ1n) is 0.507. The highest BCUT2D eigenvalue weighted by molar-refractivity contribution is 14.4. The van der Waals surface area contributed by atoms with Crippen molar-refractivity contribution in [1.82, 2.24) is 0 Å². The van der Waals surface area contributed by atoms with E-state index in [4.69, 9.17) is 0 Å². The summed E-state index contributed by atoms with van der Waals surface area (Å²) in [7, 11) is 0. The summed E-state index contributed by atoms with van der Waals surface area (Å²) in [5, 5.41) is 0. The molecule has 0 aromatic heterocycles. The molecule has 0 heterocycles. The lowest BCUT2D eigenvalue weighted by atomic mass is 30.9. The van der Waals surface area contributed by atoms with Gasteiger partial charge in [-0.15, -0.1) is 0 Å². The molecule has 4 heteroatoms. The van der Waals surface area contributed by atoms with Crippen LogP contribution in [0.3, 0.4) is 0 Å². The molecule has 0 radical (unpaired) electrons. The van der Waals surface area contributed by atoms with Crippen LogP contribution >= 0.6 is 67.0 Å². The summed E-state index contributed by atoms with van der Waals surface area (Å²) in [6.07, 6.45) is 0. The Kier molecular flexibility index (Phi) is 6.29. The van der Waals surface area contributed by atoms with Crippen LogP contribution in [0, 0.1) is 0 Å². The van der Waals surface area contributed by atoms with E-state index in [0.717, 1.165) is 0 Å². The van der Waals surface area contributed by atoms with Gasteiger partial charge in [-0.1, -0.05) is 0 Å². The summed E-state index contributed by atoms with van der Waals surface area (Å²) >= 11 is 7.14. The fraction of sp³-hybridized carbons (Fsp3) is 0. The predicted octanol–water partition coefficient (Wildman–Crippen LogP) is 3.52. The molecule has 0 bridgehead atoms. The lowest BCUT2D eigenvalue weighted by Gasteiger charge is -1.70. The molecule has 4 heavy (non-hydrogen) atoms. The predicted molar refractivity (Wildman–Crippen MR) is 49.0 cm³/mol. The summed E-state index contributed by atoms with van der Waals surface area (Å²) in [6, 6.07) is 0. The third kappa shape index (κ3) is 8.82. The zero-order valence-corrected chi connectivity index (χ0v) is 8.95. The van der Waals surface area contributed by atoms with Gasteiger partial charge in [0.15, 0.2) is 0 Å². The molecule has 0 aromatic carbocycles. The lowest BCUT2D eigenvalue weighted by Crippen LogP contribution is -0.858. The van der Waals surface area contributed by atoms with Crippen LogP contribution < -0.4 is 0 Å². The molecule has 0 saturated heterocycles. The summed E-state index contributed by atoms with van der Waals surface area (Å²) in [6.45, 7) is 0. The van der Waals surface area contributed by atoms with E-state index in [0.29, 0.717) is 0 Å². The zero-order valence-electron chi connectivity index (χ0n) is 1.58. The fourth-order valence-electron chi connectivity index (χ4n) is 0. The van der Waals surface area contributed by atoms with E-state index in [1.807, 2.05) is 0 Å². The Morgan fingerprint density at radius 2 is 1.00 bits per heavy atom. The average molecular weight is 412 g/mol. The molecule has 0 saturated carbocycles. The van der Waals surface area contributed by atoms with Gasteiger partial charge in [0.25, 0.3) is 0 Å². The average Bonchev–Trinajstić information content (AvgIpc) is 0.811. The van der Waals surface area contributed by atoms with Crippen LogP contribution in [-0.4, -0.2) is 0 Å². The van der Waals surface area contributed by atoms with Gasteiger partial charge in [0.05, 0.1) is 0.849 Å². The SMILES string of the molecule is IP(I)I. The van der Waals surface area contributed by atoms with E-state index in [-0.39, 0.29) is 0.849 Å². The van der Waals surface area contributed by atoms with E-state index in [2.05, 4.69) is 66.1 Å².